The fourth-order valence-electron chi connectivity index (χ4n) is 2.36. The lowest BCUT2D eigenvalue weighted by Crippen LogP contribution is -2.56. The van der Waals surface area contributed by atoms with Gasteiger partial charge in [-0.05, 0) is 40.0 Å². The second-order valence-electron chi connectivity index (χ2n) is 4.96. The molecule has 0 aliphatic heterocycles. The predicted octanol–water partition coefficient (Wildman–Crippen LogP) is 1.85. The minimum absolute atomic E-state index is 0.00761. The van der Waals surface area contributed by atoms with Crippen LogP contribution in [0.2, 0.25) is 0 Å². The Hall–Kier alpha value is -1.29. The van der Waals surface area contributed by atoms with Crippen LogP contribution in [0.25, 0.3) is 0 Å². The second kappa shape index (κ2) is 4.18. The summed E-state index contributed by atoms with van der Waals surface area (Å²) in [7, 11) is 0. The first-order valence-electron chi connectivity index (χ1n) is 5.99. The molecule has 0 radical (unpaired) electrons. The summed E-state index contributed by atoms with van der Waals surface area (Å²) in [5, 5.41) is 12.3. The zero-order valence-electron chi connectivity index (χ0n) is 10.6. The van der Waals surface area contributed by atoms with Gasteiger partial charge in [0.25, 0.3) is 5.91 Å². The van der Waals surface area contributed by atoms with E-state index in [9.17, 15) is 9.90 Å². The van der Waals surface area contributed by atoms with Crippen molar-refractivity contribution in [3.8, 4) is 0 Å². The molecular formula is C13H19NO3. The molecule has 4 heteroatoms. The highest BCUT2D eigenvalue weighted by molar-refractivity contribution is 5.97. The van der Waals surface area contributed by atoms with E-state index in [4.69, 9.17) is 4.42 Å². The molecule has 2 N–H and O–H groups in total. The molecule has 94 valence electrons. The number of aryl methyl sites for hydroxylation is 2. The Balaban J connectivity index is 2.20. The third-order valence-electron chi connectivity index (χ3n) is 3.78. The number of hydrogen-bond acceptors (Lipinski definition) is 3. The molecule has 1 aromatic heterocycles. The lowest BCUT2D eigenvalue weighted by atomic mass is 9.77. The normalized spacial score (nSPS) is 17.6. The third kappa shape index (κ3) is 1.97. The Morgan fingerprint density at radius 2 is 2.00 bits per heavy atom. The quantitative estimate of drug-likeness (QED) is 0.843. The third-order valence-corrected chi connectivity index (χ3v) is 3.78. The Morgan fingerprint density at radius 3 is 2.35 bits per heavy atom. The first-order chi connectivity index (χ1) is 7.99. The first-order valence-corrected chi connectivity index (χ1v) is 5.99. The van der Waals surface area contributed by atoms with E-state index < -0.39 is 5.54 Å². The van der Waals surface area contributed by atoms with Gasteiger partial charge in [0, 0.05) is 5.56 Å². The van der Waals surface area contributed by atoms with Gasteiger partial charge in [0.2, 0.25) is 0 Å². The van der Waals surface area contributed by atoms with Crippen LogP contribution in [0.4, 0.5) is 0 Å². The molecule has 0 atom stereocenters. The van der Waals surface area contributed by atoms with Crippen LogP contribution in [0.15, 0.2) is 4.42 Å². The number of carbonyl (C=O) groups is 1. The monoisotopic (exact) mass is 237 g/mol. The minimum atomic E-state index is -0.402. The molecule has 4 nitrogen and oxygen atoms in total. The van der Waals surface area contributed by atoms with Crippen LogP contribution in [0, 0.1) is 20.8 Å². The molecule has 0 spiro atoms. The molecule has 0 bridgehead atoms. The van der Waals surface area contributed by atoms with E-state index in [1.807, 2.05) is 13.8 Å². The van der Waals surface area contributed by atoms with Crippen LogP contribution in [0.1, 0.15) is 46.7 Å². The van der Waals surface area contributed by atoms with Gasteiger partial charge in [-0.15, -0.1) is 0 Å². The average Bonchev–Trinajstić information content (AvgIpc) is 2.47. The Labute approximate surface area is 101 Å². The van der Waals surface area contributed by atoms with Gasteiger partial charge < -0.3 is 14.8 Å². The smallest absolute Gasteiger partial charge is 0.255 e. The van der Waals surface area contributed by atoms with E-state index >= 15 is 0 Å². The zero-order valence-corrected chi connectivity index (χ0v) is 10.6. The van der Waals surface area contributed by atoms with Crippen LogP contribution >= 0.6 is 0 Å². The summed E-state index contributed by atoms with van der Waals surface area (Å²) in [5.41, 5.74) is 1.09. The maximum atomic E-state index is 12.2. The number of hydrogen-bond donors (Lipinski definition) is 2. The van der Waals surface area contributed by atoms with Crippen molar-refractivity contribution in [2.75, 3.05) is 6.61 Å². The van der Waals surface area contributed by atoms with E-state index in [1.165, 1.54) is 0 Å². The minimum Gasteiger partial charge on any atom is -0.466 e. The van der Waals surface area contributed by atoms with Crippen LogP contribution < -0.4 is 5.32 Å². The van der Waals surface area contributed by atoms with Gasteiger partial charge in [0.1, 0.15) is 11.5 Å². The lowest BCUT2D eigenvalue weighted by molar-refractivity contribution is 0.0640. The molecular weight excluding hydrogens is 218 g/mol. The molecule has 1 fully saturated rings. The highest BCUT2D eigenvalue weighted by Gasteiger charge is 2.38. The number of carbonyl (C=O) groups excluding carboxylic acids is 1. The summed E-state index contributed by atoms with van der Waals surface area (Å²) in [6, 6.07) is 0. The van der Waals surface area contributed by atoms with Gasteiger partial charge in [-0.3, -0.25) is 4.79 Å². The van der Waals surface area contributed by atoms with Crippen molar-refractivity contribution >= 4 is 5.91 Å². The zero-order chi connectivity index (χ0) is 12.6. The van der Waals surface area contributed by atoms with Crippen LogP contribution in [-0.4, -0.2) is 23.2 Å². The molecule has 1 aliphatic rings. The average molecular weight is 237 g/mol. The Bertz CT molecular complexity index is 438. The van der Waals surface area contributed by atoms with Crippen molar-refractivity contribution in [2.24, 2.45) is 0 Å². The number of aliphatic hydroxyl groups is 1. The van der Waals surface area contributed by atoms with E-state index in [1.54, 1.807) is 6.92 Å². The summed E-state index contributed by atoms with van der Waals surface area (Å²) >= 11 is 0. The van der Waals surface area contributed by atoms with Crippen molar-refractivity contribution in [1.82, 2.24) is 5.32 Å². The van der Waals surface area contributed by atoms with Gasteiger partial charge in [-0.2, -0.15) is 0 Å². The van der Waals surface area contributed by atoms with Crippen molar-refractivity contribution in [3.05, 3.63) is 22.6 Å². The Morgan fingerprint density at radius 1 is 1.35 bits per heavy atom. The molecule has 2 rings (SSSR count). The molecule has 1 heterocycles. The van der Waals surface area contributed by atoms with Crippen LogP contribution in [0.5, 0.6) is 0 Å². The Kier molecular flexibility index (Phi) is 3.00. The topological polar surface area (TPSA) is 62.5 Å². The molecule has 1 aromatic rings. The summed E-state index contributed by atoms with van der Waals surface area (Å²) in [4.78, 5) is 12.2. The molecule has 0 unspecified atom stereocenters. The molecule has 1 saturated carbocycles. The van der Waals surface area contributed by atoms with Crippen molar-refractivity contribution in [2.45, 2.75) is 45.6 Å². The lowest BCUT2D eigenvalue weighted by Gasteiger charge is -2.40. The molecule has 0 aromatic carbocycles. The predicted molar refractivity (Wildman–Crippen MR) is 64.1 cm³/mol. The van der Waals surface area contributed by atoms with Gasteiger partial charge in [0.05, 0.1) is 17.7 Å². The summed E-state index contributed by atoms with van der Waals surface area (Å²) < 4.78 is 5.44. The SMILES string of the molecule is Cc1oc(C)c(C(=O)NC2(CO)CCC2)c1C. The standard InChI is InChI=1S/C13H19NO3/c1-8-9(2)17-10(3)11(8)12(16)14-13(7-15)5-4-6-13/h15H,4-7H2,1-3H3,(H,14,16). The van der Waals surface area contributed by atoms with Crippen molar-refractivity contribution < 1.29 is 14.3 Å². The van der Waals surface area contributed by atoms with Gasteiger partial charge >= 0.3 is 0 Å². The number of amides is 1. The van der Waals surface area contributed by atoms with Crippen LogP contribution in [-0.2, 0) is 0 Å². The molecule has 1 amide bonds. The van der Waals surface area contributed by atoms with E-state index in [0.717, 1.165) is 30.6 Å². The fraction of sp³-hybridized carbons (Fsp3) is 0.615. The number of aliphatic hydroxyl groups excluding tert-OH is 1. The van der Waals surface area contributed by atoms with Crippen LogP contribution in [0.3, 0.4) is 0 Å². The number of furan rings is 1. The van der Waals surface area contributed by atoms with Crippen molar-refractivity contribution in [3.63, 3.8) is 0 Å². The van der Waals surface area contributed by atoms with E-state index in [2.05, 4.69) is 5.32 Å². The maximum Gasteiger partial charge on any atom is 0.255 e. The fourth-order valence-corrected chi connectivity index (χ4v) is 2.36. The molecule has 1 aliphatic carbocycles. The number of rotatable bonds is 3. The highest BCUT2D eigenvalue weighted by Crippen LogP contribution is 2.32. The second-order valence-corrected chi connectivity index (χ2v) is 4.96. The summed E-state index contributed by atoms with van der Waals surface area (Å²) in [6.07, 6.45) is 2.76. The van der Waals surface area contributed by atoms with Gasteiger partial charge in [-0.25, -0.2) is 0 Å². The number of nitrogens with one attached hydrogen (secondary N) is 1. The molecule has 0 saturated heterocycles. The highest BCUT2D eigenvalue weighted by atomic mass is 16.3. The van der Waals surface area contributed by atoms with Crippen molar-refractivity contribution in [1.29, 1.82) is 0 Å². The van der Waals surface area contributed by atoms with E-state index in [-0.39, 0.29) is 12.5 Å². The summed E-state index contributed by atoms with van der Waals surface area (Å²) in [5.74, 6) is 1.29. The van der Waals surface area contributed by atoms with Gasteiger partial charge in [0.15, 0.2) is 0 Å². The summed E-state index contributed by atoms with van der Waals surface area (Å²) in [6.45, 7) is 5.53. The maximum absolute atomic E-state index is 12.2. The molecule has 17 heavy (non-hydrogen) atoms. The van der Waals surface area contributed by atoms with E-state index in [0.29, 0.717) is 11.3 Å². The first kappa shape index (κ1) is 12.2. The van der Waals surface area contributed by atoms with Gasteiger partial charge in [-0.1, -0.05) is 0 Å². The largest absolute Gasteiger partial charge is 0.466 e.